The molecule has 2 heterocycles. The van der Waals surface area contributed by atoms with Crippen molar-refractivity contribution in [1.29, 1.82) is 0 Å². The molecule has 3 rings (SSSR count). The summed E-state index contributed by atoms with van der Waals surface area (Å²) in [6, 6.07) is 10.8. The molecule has 1 aliphatic rings. The third-order valence-electron chi connectivity index (χ3n) is 4.85. The summed E-state index contributed by atoms with van der Waals surface area (Å²) in [7, 11) is 1.68. The van der Waals surface area contributed by atoms with Crippen molar-refractivity contribution < 1.29 is 22.7 Å². The van der Waals surface area contributed by atoms with Crippen LogP contribution in [0.4, 0.5) is 23.7 Å². The van der Waals surface area contributed by atoms with Crippen LogP contribution in [0.1, 0.15) is 24.0 Å². The van der Waals surface area contributed by atoms with Crippen LogP contribution < -0.4 is 15.0 Å². The van der Waals surface area contributed by atoms with E-state index in [-0.39, 0.29) is 18.5 Å². The highest BCUT2D eigenvalue weighted by molar-refractivity contribution is 5.74. The number of benzene rings is 1. The molecule has 0 unspecified atom stereocenters. The first-order chi connectivity index (χ1) is 14.3. The smallest absolute Gasteiger partial charge is 0.422 e. The molecule has 0 spiro atoms. The van der Waals surface area contributed by atoms with Crippen molar-refractivity contribution >= 4 is 11.7 Å². The average Bonchev–Trinajstić information content (AvgIpc) is 3.25. The Labute approximate surface area is 173 Å². The first-order valence-corrected chi connectivity index (χ1v) is 9.79. The molecule has 2 aromatic rings. The highest BCUT2D eigenvalue weighted by Crippen LogP contribution is 2.25. The van der Waals surface area contributed by atoms with E-state index in [1.165, 1.54) is 6.20 Å². The molecule has 1 aromatic heterocycles. The summed E-state index contributed by atoms with van der Waals surface area (Å²) in [5, 5.41) is 2.72. The summed E-state index contributed by atoms with van der Waals surface area (Å²) in [5.41, 5.74) is 2.55. The molecule has 162 valence electrons. The van der Waals surface area contributed by atoms with Gasteiger partial charge in [0.25, 0.3) is 0 Å². The Morgan fingerprint density at radius 3 is 2.60 bits per heavy atom. The molecule has 2 amide bonds. The van der Waals surface area contributed by atoms with Crippen LogP contribution in [-0.2, 0) is 13.1 Å². The van der Waals surface area contributed by atoms with Gasteiger partial charge in [-0.1, -0.05) is 24.3 Å². The lowest BCUT2D eigenvalue weighted by Crippen LogP contribution is -2.37. The van der Waals surface area contributed by atoms with Gasteiger partial charge in [-0.05, 0) is 30.5 Å². The van der Waals surface area contributed by atoms with Gasteiger partial charge in [0.05, 0.1) is 0 Å². The maximum Gasteiger partial charge on any atom is 0.422 e. The minimum Gasteiger partial charge on any atom is -0.468 e. The molecule has 1 fully saturated rings. The summed E-state index contributed by atoms with van der Waals surface area (Å²) >= 11 is 0. The van der Waals surface area contributed by atoms with E-state index in [1.807, 2.05) is 18.2 Å². The second kappa shape index (κ2) is 9.69. The monoisotopic (exact) mass is 422 g/mol. The number of halogens is 3. The Hall–Kier alpha value is -2.97. The van der Waals surface area contributed by atoms with Crippen molar-refractivity contribution in [3.8, 4) is 5.88 Å². The number of aromatic nitrogens is 1. The second-order valence-corrected chi connectivity index (χ2v) is 7.21. The first-order valence-electron chi connectivity index (χ1n) is 9.79. The van der Waals surface area contributed by atoms with E-state index in [0.717, 1.165) is 37.2 Å². The molecule has 1 aromatic carbocycles. The number of carbonyl (C=O) groups excluding carboxylic acids is 1. The highest BCUT2D eigenvalue weighted by atomic mass is 19.4. The van der Waals surface area contributed by atoms with Crippen LogP contribution in [-0.4, -0.2) is 48.8 Å². The van der Waals surface area contributed by atoms with Gasteiger partial charge in [0.1, 0.15) is 0 Å². The molecule has 0 radical (unpaired) electrons. The lowest BCUT2D eigenvalue weighted by atomic mass is 10.1. The molecule has 1 saturated heterocycles. The van der Waals surface area contributed by atoms with Crippen LogP contribution in [0.2, 0.25) is 0 Å². The highest BCUT2D eigenvalue weighted by Gasteiger charge is 2.29. The van der Waals surface area contributed by atoms with Crippen molar-refractivity contribution in [2.45, 2.75) is 32.1 Å². The molecule has 0 atom stereocenters. The molecule has 6 nitrogen and oxygen atoms in total. The van der Waals surface area contributed by atoms with Gasteiger partial charge in [0.15, 0.2) is 6.61 Å². The van der Waals surface area contributed by atoms with E-state index in [9.17, 15) is 18.0 Å². The zero-order valence-corrected chi connectivity index (χ0v) is 16.8. The number of para-hydroxylation sites is 1. The summed E-state index contributed by atoms with van der Waals surface area (Å²) in [6.07, 6.45) is -0.789. The quantitative estimate of drug-likeness (QED) is 0.734. The van der Waals surface area contributed by atoms with Crippen LogP contribution >= 0.6 is 0 Å². The SMILES string of the molecule is CN(Cc1ccccc1N1CCCC1)C(=O)NCc1cccnc1OCC(F)(F)F. The molecule has 0 saturated carbocycles. The molecule has 30 heavy (non-hydrogen) atoms. The van der Waals surface area contributed by atoms with Crippen LogP contribution in [0, 0.1) is 0 Å². The minimum atomic E-state index is -4.46. The third-order valence-corrected chi connectivity index (χ3v) is 4.85. The zero-order chi connectivity index (χ0) is 21.6. The number of anilines is 1. The summed E-state index contributed by atoms with van der Waals surface area (Å²) in [4.78, 5) is 20.2. The standard InChI is InChI=1S/C21H25F3N4O2/c1-27(14-17-7-2-3-9-18(17)28-11-4-5-12-28)20(29)26-13-16-8-6-10-25-19(16)30-15-21(22,23)24/h2-3,6-10H,4-5,11-15H2,1H3,(H,26,29). The van der Waals surface area contributed by atoms with Gasteiger partial charge in [0, 0.05) is 50.7 Å². The number of ether oxygens (including phenoxy) is 1. The van der Waals surface area contributed by atoms with Crippen LogP contribution in [0.5, 0.6) is 5.88 Å². The molecular weight excluding hydrogens is 397 g/mol. The number of nitrogens with one attached hydrogen (secondary N) is 1. The van der Waals surface area contributed by atoms with E-state index in [0.29, 0.717) is 12.1 Å². The van der Waals surface area contributed by atoms with Crippen LogP contribution in [0.15, 0.2) is 42.6 Å². The molecule has 0 bridgehead atoms. The van der Waals surface area contributed by atoms with Gasteiger partial charge < -0.3 is 19.9 Å². The second-order valence-electron chi connectivity index (χ2n) is 7.21. The molecule has 1 N–H and O–H groups in total. The minimum absolute atomic E-state index is 0.0119. The molecule has 1 aliphatic heterocycles. The van der Waals surface area contributed by atoms with Crippen molar-refractivity contribution in [2.75, 3.05) is 31.6 Å². The van der Waals surface area contributed by atoms with Gasteiger partial charge in [-0.2, -0.15) is 13.2 Å². The maximum atomic E-state index is 12.5. The molecular formula is C21H25F3N4O2. The number of alkyl halides is 3. The lowest BCUT2D eigenvalue weighted by molar-refractivity contribution is -0.154. The number of pyridine rings is 1. The fourth-order valence-corrected chi connectivity index (χ4v) is 3.38. The molecule has 9 heteroatoms. The Morgan fingerprint density at radius 2 is 1.87 bits per heavy atom. The third kappa shape index (κ3) is 6.01. The van der Waals surface area contributed by atoms with E-state index in [2.05, 4.69) is 21.3 Å². The lowest BCUT2D eigenvalue weighted by Gasteiger charge is -2.24. The Balaban J connectivity index is 1.59. The van der Waals surface area contributed by atoms with Gasteiger partial charge in [0.2, 0.25) is 5.88 Å². The fraction of sp³-hybridized carbons (Fsp3) is 0.429. The van der Waals surface area contributed by atoms with E-state index < -0.39 is 12.8 Å². The predicted molar refractivity (Wildman–Crippen MR) is 107 cm³/mol. The van der Waals surface area contributed by atoms with Crippen molar-refractivity contribution in [3.63, 3.8) is 0 Å². The summed E-state index contributed by atoms with van der Waals surface area (Å²) < 4.78 is 42.0. The van der Waals surface area contributed by atoms with Crippen LogP contribution in [0.25, 0.3) is 0 Å². The summed E-state index contributed by atoms with van der Waals surface area (Å²) in [6.45, 7) is 1.02. The fourth-order valence-electron chi connectivity index (χ4n) is 3.38. The van der Waals surface area contributed by atoms with Gasteiger partial charge in [-0.3, -0.25) is 0 Å². The maximum absolute atomic E-state index is 12.5. The van der Waals surface area contributed by atoms with Crippen molar-refractivity contribution in [2.24, 2.45) is 0 Å². The zero-order valence-electron chi connectivity index (χ0n) is 16.8. The topological polar surface area (TPSA) is 57.7 Å². The normalized spacial score (nSPS) is 13.9. The number of nitrogens with zero attached hydrogens (tertiary/aromatic N) is 3. The van der Waals surface area contributed by atoms with Crippen molar-refractivity contribution in [1.82, 2.24) is 15.2 Å². The number of hydrogen-bond donors (Lipinski definition) is 1. The number of hydrogen-bond acceptors (Lipinski definition) is 4. The van der Waals surface area contributed by atoms with Gasteiger partial charge >= 0.3 is 12.2 Å². The van der Waals surface area contributed by atoms with E-state index in [4.69, 9.17) is 4.74 Å². The van der Waals surface area contributed by atoms with Gasteiger partial charge in [-0.25, -0.2) is 9.78 Å². The first kappa shape index (κ1) is 21.7. The average molecular weight is 422 g/mol. The number of carbonyl (C=O) groups is 1. The number of urea groups is 1. The van der Waals surface area contributed by atoms with Crippen LogP contribution in [0.3, 0.4) is 0 Å². The Bertz CT molecular complexity index is 854. The summed E-state index contributed by atoms with van der Waals surface area (Å²) in [5.74, 6) is -0.142. The number of rotatable bonds is 7. The van der Waals surface area contributed by atoms with E-state index >= 15 is 0 Å². The Morgan fingerprint density at radius 1 is 1.17 bits per heavy atom. The molecule has 0 aliphatic carbocycles. The van der Waals surface area contributed by atoms with Crippen molar-refractivity contribution in [3.05, 3.63) is 53.7 Å². The van der Waals surface area contributed by atoms with Gasteiger partial charge in [-0.15, -0.1) is 0 Å². The predicted octanol–water partition coefficient (Wildman–Crippen LogP) is 3.96. The largest absolute Gasteiger partial charge is 0.468 e. The van der Waals surface area contributed by atoms with E-state index in [1.54, 1.807) is 24.1 Å². The Kier molecular flexibility index (Phi) is 7.02. The number of amides is 2.